The van der Waals surface area contributed by atoms with Crippen LogP contribution in [0.2, 0.25) is 0 Å². The zero-order chi connectivity index (χ0) is 14.9. The summed E-state index contributed by atoms with van der Waals surface area (Å²) in [6, 6.07) is 3.91. The summed E-state index contributed by atoms with van der Waals surface area (Å²) in [7, 11) is 0. The van der Waals surface area contributed by atoms with Crippen molar-refractivity contribution in [3.63, 3.8) is 0 Å². The van der Waals surface area contributed by atoms with E-state index in [1.54, 1.807) is 6.92 Å². The fraction of sp³-hybridized carbons (Fsp3) is 0.0769. The summed E-state index contributed by atoms with van der Waals surface area (Å²) in [4.78, 5) is 25.8. The van der Waals surface area contributed by atoms with E-state index in [0.29, 0.717) is 5.69 Å². The van der Waals surface area contributed by atoms with Gasteiger partial charge >= 0.3 is 5.97 Å². The predicted molar refractivity (Wildman–Crippen MR) is 74.5 cm³/mol. The van der Waals surface area contributed by atoms with E-state index in [-0.39, 0.29) is 21.3 Å². The smallest absolute Gasteiger partial charge is 0.339 e. The van der Waals surface area contributed by atoms with Crippen LogP contribution in [-0.4, -0.2) is 22.0 Å². The van der Waals surface area contributed by atoms with Crippen LogP contribution >= 0.6 is 15.9 Å². The Hall–Kier alpha value is -2.15. The number of anilines is 1. The Morgan fingerprint density at radius 1 is 1.40 bits per heavy atom. The molecule has 0 saturated carbocycles. The highest BCUT2D eigenvalue weighted by Gasteiger charge is 2.18. The maximum absolute atomic E-state index is 13.4. The standard InChI is InChI=1S/C13H10BrFN2O3/c1-6-11(13(19)20)10(5-16-6)17-12(18)7-2-3-8(14)9(15)4-7/h2-5,16H,1H3,(H,17,18)(H,19,20). The molecule has 2 aromatic rings. The van der Waals surface area contributed by atoms with Gasteiger partial charge in [-0.15, -0.1) is 0 Å². The Labute approximate surface area is 121 Å². The quantitative estimate of drug-likeness (QED) is 0.802. The molecule has 5 nitrogen and oxygen atoms in total. The number of nitrogens with one attached hydrogen (secondary N) is 2. The van der Waals surface area contributed by atoms with Crippen LogP contribution in [0.15, 0.2) is 28.9 Å². The van der Waals surface area contributed by atoms with Gasteiger partial charge in [0.15, 0.2) is 0 Å². The van der Waals surface area contributed by atoms with Gasteiger partial charge in [-0.1, -0.05) is 0 Å². The molecule has 7 heteroatoms. The van der Waals surface area contributed by atoms with Crippen molar-refractivity contribution in [2.75, 3.05) is 5.32 Å². The Morgan fingerprint density at radius 2 is 2.10 bits per heavy atom. The van der Waals surface area contributed by atoms with E-state index >= 15 is 0 Å². The highest BCUT2D eigenvalue weighted by molar-refractivity contribution is 9.10. The van der Waals surface area contributed by atoms with Crippen LogP contribution in [0.3, 0.4) is 0 Å². The van der Waals surface area contributed by atoms with Gasteiger partial charge in [0, 0.05) is 17.5 Å². The van der Waals surface area contributed by atoms with Gasteiger partial charge < -0.3 is 15.4 Å². The highest BCUT2D eigenvalue weighted by atomic mass is 79.9. The number of carboxylic acid groups (broad SMARTS) is 1. The monoisotopic (exact) mass is 340 g/mol. The van der Waals surface area contributed by atoms with E-state index in [2.05, 4.69) is 26.2 Å². The number of rotatable bonds is 3. The van der Waals surface area contributed by atoms with Crippen LogP contribution in [0.5, 0.6) is 0 Å². The molecule has 0 spiro atoms. The minimum atomic E-state index is -1.15. The van der Waals surface area contributed by atoms with Crippen molar-refractivity contribution in [1.82, 2.24) is 4.98 Å². The second-order valence-electron chi connectivity index (χ2n) is 4.09. The summed E-state index contributed by atoms with van der Waals surface area (Å²) in [5, 5.41) is 11.5. The number of aromatic amines is 1. The van der Waals surface area contributed by atoms with E-state index in [0.717, 1.165) is 6.07 Å². The molecule has 0 atom stereocenters. The lowest BCUT2D eigenvalue weighted by Crippen LogP contribution is -2.14. The van der Waals surface area contributed by atoms with Gasteiger partial charge in [0.25, 0.3) is 5.91 Å². The average Bonchev–Trinajstić information content (AvgIpc) is 2.73. The maximum atomic E-state index is 13.4. The number of aryl methyl sites for hydroxylation is 1. The fourth-order valence-electron chi connectivity index (χ4n) is 1.73. The number of amides is 1. The van der Waals surface area contributed by atoms with Crippen molar-refractivity contribution in [3.8, 4) is 0 Å². The number of aromatic carboxylic acids is 1. The number of carbonyl (C=O) groups excluding carboxylic acids is 1. The summed E-state index contributed by atoms with van der Waals surface area (Å²) in [6.45, 7) is 1.58. The average molecular weight is 341 g/mol. The summed E-state index contributed by atoms with van der Waals surface area (Å²) in [5.41, 5.74) is 0.648. The molecule has 0 aliphatic heterocycles. The van der Waals surface area contributed by atoms with E-state index < -0.39 is 17.7 Å². The summed E-state index contributed by atoms with van der Waals surface area (Å²) < 4.78 is 13.6. The lowest BCUT2D eigenvalue weighted by molar-refractivity contribution is 0.0697. The van der Waals surface area contributed by atoms with Gasteiger partial charge in [-0.05, 0) is 41.1 Å². The molecule has 0 aliphatic carbocycles. The molecular weight excluding hydrogens is 331 g/mol. The van der Waals surface area contributed by atoms with Crippen LogP contribution in [0, 0.1) is 12.7 Å². The normalized spacial score (nSPS) is 10.3. The van der Waals surface area contributed by atoms with Crippen molar-refractivity contribution in [1.29, 1.82) is 0 Å². The predicted octanol–water partition coefficient (Wildman–Crippen LogP) is 3.18. The first kappa shape index (κ1) is 14.3. The van der Waals surface area contributed by atoms with Gasteiger partial charge in [-0.2, -0.15) is 0 Å². The second kappa shape index (κ2) is 5.46. The third kappa shape index (κ3) is 2.72. The van der Waals surface area contributed by atoms with Crippen molar-refractivity contribution >= 4 is 33.5 Å². The number of carboxylic acids is 1. The first-order valence-corrected chi connectivity index (χ1v) is 6.37. The van der Waals surface area contributed by atoms with Crippen LogP contribution in [0.1, 0.15) is 26.4 Å². The number of hydrogen-bond acceptors (Lipinski definition) is 2. The number of carbonyl (C=O) groups is 2. The Balaban J connectivity index is 2.28. The van der Waals surface area contributed by atoms with E-state index in [4.69, 9.17) is 5.11 Å². The van der Waals surface area contributed by atoms with Crippen LogP contribution < -0.4 is 5.32 Å². The molecule has 0 saturated heterocycles. The number of hydrogen-bond donors (Lipinski definition) is 3. The first-order chi connectivity index (χ1) is 9.40. The molecule has 3 N–H and O–H groups in total. The minimum absolute atomic E-state index is 0.0177. The van der Waals surface area contributed by atoms with Gasteiger partial charge in [0.05, 0.1) is 10.2 Å². The van der Waals surface area contributed by atoms with Crippen molar-refractivity contribution in [2.45, 2.75) is 6.92 Å². The molecule has 1 heterocycles. The molecule has 1 aromatic heterocycles. The van der Waals surface area contributed by atoms with Crippen LogP contribution in [0.25, 0.3) is 0 Å². The largest absolute Gasteiger partial charge is 0.478 e. The van der Waals surface area contributed by atoms with Crippen LogP contribution in [0.4, 0.5) is 10.1 Å². The maximum Gasteiger partial charge on any atom is 0.339 e. The Kier molecular flexibility index (Phi) is 3.89. The number of aromatic nitrogens is 1. The van der Waals surface area contributed by atoms with Gasteiger partial charge in [0.2, 0.25) is 0 Å². The van der Waals surface area contributed by atoms with Gasteiger partial charge in [-0.3, -0.25) is 4.79 Å². The Bertz CT molecular complexity index is 697. The molecule has 0 fully saturated rings. The molecular formula is C13H10BrFN2O3. The number of benzene rings is 1. The summed E-state index contributed by atoms with van der Waals surface area (Å²) >= 11 is 2.99. The third-order valence-corrected chi connectivity index (χ3v) is 3.36. The first-order valence-electron chi connectivity index (χ1n) is 5.58. The molecule has 0 bridgehead atoms. The SMILES string of the molecule is Cc1[nH]cc(NC(=O)c2ccc(Br)c(F)c2)c1C(=O)O. The molecule has 2 rings (SSSR count). The highest BCUT2D eigenvalue weighted by Crippen LogP contribution is 2.21. The van der Waals surface area contributed by atoms with Crippen LogP contribution in [-0.2, 0) is 0 Å². The van der Waals surface area contributed by atoms with Crippen molar-refractivity contribution in [2.24, 2.45) is 0 Å². The molecule has 104 valence electrons. The van der Waals surface area contributed by atoms with E-state index in [9.17, 15) is 14.0 Å². The van der Waals surface area contributed by atoms with Crippen molar-refractivity contribution < 1.29 is 19.1 Å². The zero-order valence-electron chi connectivity index (χ0n) is 10.3. The second-order valence-corrected chi connectivity index (χ2v) is 4.94. The molecule has 0 radical (unpaired) electrons. The van der Waals surface area contributed by atoms with Gasteiger partial charge in [0.1, 0.15) is 11.4 Å². The van der Waals surface area contributed by atoms with E-state index in [1.165, 1.54) is 18.3 Å². The summed E-state index contributed by atoms with van der Waals surface area (Å²) in [6.07, 6.45) is 1.38. The lowest BCUT2D eigenvalue weighted by Gasteiger charge is -2.05. The minimum Gasteiger partial charge on any atom is -0.478 e. The number of H-pyrrole nitrogens is 1. The topological polar surface area (TPSA) is 82.2 Å². The van der Waals surface area contributed by atoms with E-state index in [1.807, 2.05) is 0 Å². The molecule has 0 aliphatic rings. The number of halogens is 2. The summed E-state index contributed by atoms with van der Waals surface area (Å²) in [5.74, 6) is -2.31. The fourth-order valence-corrected chi connectivity index (χ4v) is 1.98. The third-order valence-electron chi connectivity index (χ3n) is 2.72. The molecule has 1 amide bonds. The molecule has 20 heavy (non-hydrogen) atoms. The Morgan fingerprint density at radius 3 is 2.70 bits per heavy atom. The molecule has 0 unspecified atom stereocenters. The zero-order valence-corrected chi connectivity index (χ0v) is 11.9. The van der Waals surface area contributed by atoms with Crippen molar-refractivity contribution in [3.05, 3.63) is 51.5 Å². The van der Waals surface area contributed by atoms with Gasteiger partial charge in [-0.25, -0.2) is 9.18 Å². The lowest BCUT2D eigenvalue weighted by atomic mass is 10.2. The molecule has 1 aromatic carbocycles.